The van der Waals surface area contributed by atoms with E-state index in [1.54, 1.807) is 11.3 Å². The Balaban J connectivity index is 1.70. The van der Waals surface area contributed by atoms with Crippen LogP contribution in [0.4, 0.5) is 5.00 Å². The van der Waals surface area contributed by atoms with Gasteiger partial charge in [-0.05, 0) is 38.2 Å². The number of aryl methyl sites for hydroxylation is 1. The fourth-order valence-electron chi connectivity index (χ4n) is 3.01. The standard InChI is InChI=1S/C19H25N5OS2/c1-11(26-18-22-17(23-24-18)19(2,3)4)15(25)21-16-13(10-20)12-8-6-5-7-9-14(12)27-16/h11H,5-9H2,1-4H3,(H,21,25)(H,22,23,24)/t11-/m0/s1. The maximum absolute atomic E-state index is 12.7. The molecule has 1 atom stereocenters. The summed E-state index contributed by atoms with van der Waals surface area (Å²) in [6, 6.07) is 2.30. The predicted molar refractivity (Wildman–Crippen MR) is 109 cm³/mol. The lowest BCUT2D eigenvalue weighted by molar-refractivity contribution is -0.115. The van der Waals surface area contributed by atoms with Gasteiger partial charge in [-0.25, -0.2) is 4.98 Å². The summed E-state index contributed by atoms with van der Waals surface area (Å²) in [5, 5.41) is 20.6. The number of fused-ring (bicyclic) bond motifs is 1. The lowest BCUT2D eigenvalue weighted by atomic mass is 9.96. The minimum atomic E-state index is -0.359. The summed E-state index contributed by atoms with van der Waals surface area (Å²) in [5.74, 6) is 0.668. The summed E-state index contributed by atoms with van der Waals surface area (Å²) in [4.78, 5) is 18.4. The molecule has 6 nitrogen and oxygen atoms in total. The second-order valence-electron chi connectivity index (χ2n) is 7.85. The van der Waals surface area contributed by atoms with E-state index in [-0.39, 0.29) is 16.6 Å². The third-order valence-corrected chi connectivity index (χ3v) is 6.76. The molecule has 0 aliphatic heterocycles. The first-order chi connectivity index (χ1) is 12.8. The second kappa shape index (κ2) is 8.03. The highest BCUT2D eigenvalue weighted by Gasteiger charge is 2.25. The maximum atomic E-state index is 12.7. The minimum absolute atomic E-state index is 0.117. The zero-order valence-electron chi connectivity index (χ0n) is 16.2. The molecule has 0 spiro atoms. The molecule has 0 saturated heterocycles. The molecule has 0 aromatic carbocycles. The van der Waals surface area contributed by atoms with Gasteiger partial charge in [-0.3, -0.25) is 9.89 Å². The molecule has 0 fully saturated rings. The quantitative estimate of drug-likeness (QED) is 0.582. The van der Waals surface area contributed by atoms with Crippen LogP contribution in [-0.4, -0.2) is 26.3 Å². The fourth-order valence-corrected chi connectivity index (χ4v) is 4.98. The van der Waals surface area contributed by atoms with Crippen LogP contribution in [0.1, 0.15) is 68.8 Å². The Morgan fingerprint density at radius 1 is 1.33 bits per heavy atom. The van der Waals surface area contributed by atoms with Gasteiger partial charge in [0.25, 0.3) is 0 Å². The van der Waals surface area contributed by atoms with Crippen molar-refractivity contribution in [1.82, 2.24) is 15.2 Å². The third kappa shape index (κ3) is 4.53. The third-order valence-electron chi connectivity index (χ3n) is 4.60. The van der Waals surface area contributed by atoms with Crippen LogP contribution in [0.15, 0.2) is 5.16 Å². The number of rotatable bonds is 4. The normalized spacial score (nSPS) is 15.5. The Labute approximate surface area is 168 Å². The van der Waals surface area contributed by atoms with Crippen molar-refractivity contribution in [3.8, 4) is 6.07 Å². The number of carbonyl (C=O) groups is 1. The molecule has 0 bridgehead atoms. The van der Waals surface area contributed by atoms with Crippen molar-refractivity contribution in [2.24, 2.45) is 0 Å². The summed E-state index contributed by atoms with van der Waals surface area (Å²) in [7, 11) is 0. The van der Waals surface area contributed by atoms with Gasteiger partial charge in [0.1, 0.15) is 16.9 Å². The highest BCUT2D eigenvalue weighted by molar-refractivity contribution is 8.00. The van der Waals surface area contributed by atoms with Crippen molar-refractivity contribution in [3.63, 3.8) is 0 Å². The molecule has 2 heterocycles. The van der Waals surface area contributed by atoms with Gasteiger partial charge in [-0.1, -0.05) is 39.0 Å². The van der Waals surface area contributed by atoms with E-state index < -0.39 is 0 Å². The van der Waals surface area contributed by atoms with Crippen LogP contribution in [-0.2, 0) is 23.1 Å². The van der Waals surface area contributed by atoms with Crippen LogP contribution in [0.2, 0.25) is 0 Å². The number of thiophene rings is 1. The molecule has 3 rings (SSSR count). The van der Waals surface area contributed by atoms with Crippen LogP contribution >= 0.6 is 23.1 Å². The van der Waals surface area contributed by atoms with E-state index in [1.165, 1.54) is 23.1 Å². The molecule has 2 aromatic heterocycles. The minimum Gasteiger partial charge on any atom is -0.316 e. The number of aromatic nitrogens is 3. The van der Waals surface area contributed by atoms with E-state index in [1.807, 2.05) is 6.92 Å². The lowest BCUT2D eigenvalue weighted by Gasteiger charge is -2.13. The molecule has 1 amide bonds. The van der Waals surface area contributed by atoms with E-state index in [4.69, 9.17) is 0 Å². The highest BCUT2D eigenvalue weighted by atomic mass is 32.2. The van der Waals surface area contributed by atoms with Crippen LogP contribution in [0, 0.1) is 11.3 Å². The van der Waals surface area contributed by atoms with Gasteiger partial charge in [0.15, 0.2) is 0 Å². The first kappa shape index (κ1) is 19.9. The van der Waals surface area contributed by atoms with Gasteiger partial charge >= 0.3 is 0 Å². The summed E-state index contributed by atoms with van der Waals surface area (Å²) >= 11 is 2.87. The van der Waals surface area contributed by atoms with Gasteiger partial charge in [-0.15, -0.1) is 16.4 Å². The summed E-state index contributed by atoms with van der Waals surface area (Å²) < 4.78 is 0. The Morgan fingerprint density at radius 2 is 2.07 bits per heavy atom. The van der Waals surface area contributed by atoms with Gasteiger partial charge in [0, 0.05) is 10.3 Å². The monoisotopic (exact) mass is 403 g/mol. The van der Waals surface area contributed by atoms with Crippen molar-refractivity contribution >= 4 is 34.0 Å². The maximum Gasteiger partial charge on any atom is 0.238 e. The number of aromatic amines is 1. The smallest absolute Gasteiger partial charge is 0.238 e. The Hall–Kier alpha value is -1.85. The van der Waals surface area contributed by atoms with E-state index in [0.717, 1.165) is 37.1 Å². The molecular formula is C19H25N5OS2. The number of carbonyl (C=O) groups excluding carboxylic acids is 1. The molecule has 0 unspecified atom stereocenters. The highest BCUT2D eigenvalue weighted by Crippen LogP contribution is 2.37. The van der Waals surface area contributed by atoms with Gasteiger partial charge < -0.3 is 5.32 Å². The van der Waals surface area contributed by atoms with Crippen molar-refractivity contribution in [3.05, 3.63) is 21.8 Å². The van der Waals surface area contributed by atoms with Gasteiger partial charge in [0.2, 0.25) is 11.1 Å². The molecule has 8 heteroatoms. The second-order valence-corrected chi connectivity index (χ2v) is 10.3. The average Bonchev–Trinajstić information content (AvgIpc) is 3.12. The van der Waals surface area contributed by atoms with Crippen LogP contribution in [0.5, 0.6) is 0 Å². The van der Waals surface area contributed by atoms with Crippen LogP contribution in [0.3, 0.4) is 0 Å². The van der Waals surface area contributed by atoms with E-state index >= 15 is 0 Å². The summed E-state index contributed by atoms with van der Waals surface area (Å²) in [5.41, 5.74) is 1.67. The Bertz CT molecular complexity index is 872. The van der Waals surface area contributed by atoms with Gasteiger partial charge in [-0.2, -0.15) is 5.26 Å². The number of hydrogen-bond acceptors (Lipinski definition) is 6. The molecular weight excluding hydrogens is 378 g/mol. The van der Waals surface area contributed by atoms with E-state index in [9.17, 15) is 10.1 Å². The molecule has 1 aliphatic rings. The zero-order valence-corrected chi connectivity index (χ0v) is 17.8. The van der Waals surface area contributed by atoms with Gasteiger partial charge in [0.05, 0.1) is 10.8 Å². The van der Waals surface area contributed by atoms with E-state index in [0.29, 0.717) is 15.7 Å². The molecule has 0 saturated carbocycles. The summed E-state index contributed by atoms with van der Waals surface area (Å²) in [6.45, 7) is 8.00. The number of nitrogens with one attached hydrogen (secondary N) is 2. The fraction of sp³-hybridized carbons (Fsp3) is 0.579. The predicted octanol–water partition coefficient (Wildman–Crippen LogP) is 4.42. The Kier molecular flexibility index (Phi) is 5.92. The number of amides is 1. The molecule has 1 aliphatic carbocycles. The number of hydrogen-bond donors (Lipinski definition) is 2. The van der Waals surface area contributed by atoms with Crippen molar-refractivity contribution in [2.45, 2.75) is 75.6 Å². The van der Waals surface area contributed by atoms with E-state index in [2.05, 4.69) is 47.3 Å². The van der Waals surface area contributed by atoms with Crippen molar-refractivity contribution < 1.29 is 4.79 Å². The summed E-state index contributed by atoms with van der Waals surface area (Å²) in [6.07, 6.45) is 5.40. The number of nitrogens with zero attached hydrogens (tertiary/aromatic N) is 3. The average molecular weight is 404 g/mol. The molecule has 0 radical (unpaired) electrons. The van der Waals surface area contributed by atoms with Crippen LogP contribution < -0.4 is 5.32 Å². The molecule has 144 valence electrons. The van der Waals surface area contributed by atoms with Crippen molar-refractivity contribution in [2.75, 3.05) is 5.32 Å². The molecule has 2 aromatic rings. The van der Waals surface area contributed by atoms with Crippen LogP contribution in [0.25, 0.3) is 0 Å². The molecule has 27 heavy (non-hydrogen) atoms. The first-order valence-electron chi connectivity index (χ1n) is 9.24. The molecule has 2 N–H and O–H groups in total. The Morgan fingerprint density at radius 3 is 2.74 bits per heavy atom. The lowest BCUT2D eigenvalue weighted by Crippen LogP contribution is -2.22. The number of thioether (sulfide) groups is 1. The topological polar surface area (TPSA) is 94.5 Å². The first-order valence-corrected chi connectivity index (χ1v) is 10.9. The number of nitriles is 1. The van der Waals surface area contributed by atoms with Crippen molar-refractivity contribution in [1.29, 1.82) is 5.26 Å². The number of anilines is 1. The zero-order chi connectivity index (χ0) is 19.6. The SMILES string of the molecule is C[C@H](Sc1n[nH]c(C(C)(C)C)n1)C(=O)Nc1sc2c(c1C#N)CCCCC2. The largest absolute Gasteiger partial charge is 0.316 e. The number of H-pyrrole nitrogens is 1.